The number of benzene rings is 1. The fourth-order valence-corrected chi connectivity index (χ4v) is 3.36. The van der Waals surface area contributed by atoms with E-state index in [1.54, 1.807) is 30.5 Å². The van der Waals surface area contributed by atoms with Crippen molar-refractivity contribution in [2.24, 2.45) is 0 Å². The number of carbonyl (C=O) groups is 2. The summed E-state index contributed by atoms with van der Waals surface area (Å²) >= 11 is 0. The molecular weight excluding hydrogens is 456 g/mol. The molecule has 3 rings (SSSR count). The Bertz CT molecular complexity index is 1150. The van der Waals surface area contributed by atoms with Gasteiger partial charge in [-0.2, -0.15) is 0 Å². The van der Waals surface area contributed by atoms with Gasteiger partial charge >= 0.3 is 6.03 Å². The Morgan fingerprint density at radius 1 is 0.972 bits per heavy atom. The van der Waals surface area contributed by atoms with Crippen molar-refractivity contribution in [3.63, 3.8) is 0 Å². The zero-order chi connectivity index (χ0) is 25.9. The van der Waals surface area contributed by atoms with Crippen LogP contribution in [0.1, 0.15) is 36.7 Å². The highest BCUT2D eigenvalue weighted by Gasteiger charge is 2.14. The molecule has 0 aliphatic carbocycles. The van der Waals surface area contributed by atoms with E-state index >= 15 is 0 Å². The first-order valence-electron chi connectivity index (χ1n) is 12.0. The molecule has 0 aliphatic heterocycles. The van der Waals surface area contributed by atoms with Crippen LogP contribution >= 0.6 is 0 Å². The third-order valence-electron chi connectivity index (χ3n) is 5.19. The Morgan fingerprint density at radius 3 is 2.42 bits per heavy atom. The lowest BCUT2D eigenvalue weighted by molar-refractivity contribution is 0.0954. The maximum atomic E-state index is 12.7. The molecule has 0 saturated heterocycles. The number of hydrogen-bond donors (Lipinski definition) is 6. The summed E-state index contributed by atoms with van der Waals surface area (Å²) in [4.78, 5) is 33.6. The number of amides is 3. The summed E-state index contributed by atoms with van der Waals surface area (Å²) in [5, 5.41) is 15.0. The first-order chi connectivity index (χ1) is 17.4. The second kappa shape index (κ2) is 13.1. The van der Waals surface area contributed by atoms with Crippen LogP contribution in [0.5, 0.6) is 0 Å². The average Bonchev–Trinajstić information content (AvgIpc) is 2.87. The maximum Gasteiger partial charge on any atom is 0.319 e. The number of nitrogen functional groups attached to an aromatic ring is 1. The number of nitrogens with zero attached hydrogens (tertiary/aromatic N) is 2. The lowest BCUT2D eigenvalue weighted by atomic mass is 10.1. The number of rotatable bonds is 11. The second-order valence-electron chi connectivity index (χ2n) is 8.46. The van der Waals surface area contributed by atoms with Gasteiger partial charge in [0.05, 0.1) is 11.3 Å². The van der Waals surface area contributed by atoms with Crippen LogP contribution in [0.3, 0.4) is 0 Å². The highest BCUT2D eigenvalue weighted by Crippen LogP contribution is 2.23. The van der Waals surface area contributed by atoms with Gasteiger partial charge in [0.2, 0.25) is 0 Å². The smallest absolute Gasteiger partial charge is 0.319 e. The predicted molar refractivity (Wildman–Crippen MR) is 144 cm³/mol. The first kappa shape index (κ1) is 26.4. The fraction of sp³-hybridized carbons (Fsp3) is 0.308. The molecule has 10 heteroatoms. The molecule has 0 unspecified atom stereocenters. The predicted octanol–water partition coefficient (Wildman–Crippen LogP) is 3.21. The monoisotopic (exact) mass is 490 g/mol. The summed E-state index contributed by atoms with van der Waals surface area (Å²) in [7, 11) is 0. The van der Waals surface area contributed by atoms with Gasteiger partial charge in [0.15, 0.2) is 0 Å². The van der Waals surface area contributed by atoms with E-state index in [1.165, 1.54) is 0 Å². The van der Waals surface area contributed by atoms with Gasteiger partial charge in [0.25, 0.3) is 5.91 Å². The Kier molecular flexibility index (Phi) is 9.58. The third kappa shape index (κ3) is 7.95. The van der Waals surface area contributed by atoms with Crippen molar-refractivity contribution in [3.05, 3.63) is 65.9 Å². The third-order valence-corrected chi connectivity index (χ3v) is 5.19. The zero-order valence-electron chi connectivity index (χ0n) is 20.9. The lowest BCUT2D eigenvalue weighted by Gasteiger charge is -2.13. The van der Waals surface area contributed by atoms with Crippen molar-refractivity contribution >= 4 is 29.3 Å². The molecule has 2 heterocycles. The molecule has 0 spiro atoms. The number of hydrogen-bond acceptors (Lipinski definition) is 7. The number of anilines is 3. The van der Waals surface area contributed by atoms with Gasteiger partial charge in [-0.25, -0.2) is 14.8 Å². The van der Waals surface area contributed by atoms with Crippen molar-refractivity contribution < 1.29 is 9.59 Å². The highest BCUT2D eigenvalue weighted by molar-refractivity contribution is 5.99. The van der Waals surface area contributed by atoms with Crippen LogP contribution in [0.25, 0.3) is 11.3 Å². The second-order valence-corrected chi connectivity index (χ2v) is 8.46. The Labute approximate surface area is 211 Å². The van der Waals surface area contributed by atoms with Crippen molar-refractivity contribution in [2.45, 2.75) is 33.4 Å². The highest BCUT2D eigenvalue weighted by atomic mass is 16.2. The summed E-state index contributed by atoms with van der Waals surface area (Å²) in [6.07, 6.45) is 1.62. The van der Waals surface area contributed by atoms with E-state index in [9.17, 15) is 9.59 Å². The van der Waals surface area contributed by atoms with E-state index < -0.39 is 0 Å². The quantitative estimate of drug-likeness (QED) is 0.226. The number of aromatic nitrogens is 2. The molecule has 0 aliphatic rings. The molecule has 0 atom stereocenters. The molecule has 10 nitrogen and oxygen atoms in total. The van der Waals surface area contributed by atoms with Crippen molar-refractivity contribution in [1.82, 2.24) is 25.9 Å². The van der Waals surface area contributed by atoms with Crippen LogP contribution < -0.4 is 32.3 Å². The summed E-state index contributed by atoms with van der Waals surface area (Å²) in [5.41, 5.74) is 9.14. The minimum Gasteiger partial charge on any atom is -0.384 e. The number of pyridine rings is 2. The van der Waals surface area contributed by atoms with Crippen LogP contribution in [0.4, 0.5) is 22.1 Å². The Morgan fingerprint density at radius 2 is 1.75 bits per heavy atom. The number of nitrogens with two attached hydrogens (primary N) is 1. The number of urea groups is 1. The van der Waals surface area contributed by atoms with Gasteiger partial charge < -0.3 is 32.3 Å². The molecule has 3 amide bonds. The van der Waals surface area contributed by atoms with Gasteiger partial charge in [0, 0.05) is 49.7 Å². The fourth-order valence-electron chi connectivity index (χ4n) is 3.36. The van der Waals surface area contributed by atoms with Crippen LogP contribution in [0, 0.1) is 0 Å². The standard InChI is InChI=1S/C26H34N8O2/c1-4-28-24-21(25(35)30-14-13-29-17(2)3)10-11-22(34-24)19-6-8-20(9-7-19)33-26(36)32-16-18-5-12-23(27)31-15-18/h5-12,15,17,29H,4,13-14,16H2,1-3H3,(H2,27,31)(H,28,34)(H,30,35)(H2,32,33,36). The summed E-state index contributed by atoms with van der Waals surface area (Å²) in [6.45, 7) is 8.28. The normalized spacial score (nSPS) is 10.7. The molecule has 36 heavy (non-hydrogen) atoms. The molecule has 190 valence electrons. The van der Waals surface area contributed by atoms with Gasteiger partial charge in [-0.1, -0.05) is 32.0 Å². The van der Waals surface area contributed by atoms with Gasteiger partial charge in [-0.15, -0.1) is 0 Å². The molecule has 0 saturated carbocycles. The largest absolute Gasteiger partial charge is 0.384 e. The van der Waals surface area contributed by atoms with Crippen LogP contribution in [0.15, 0.2) is 54.7 Å². The first-order valence-corrected chi connectivity index (χ1v) is 12.0. The summed E-state index contributed by atoms with van der Waals surface area (Å²) < 4.78 is 0. The molecular formula is C26H34N8O2. The van der Waals surface area contributed by atoms with E-state index in [2.05, 4.69) is 50.4 Å². The van der Waals surface area contributed by atoms with Crippen molar-refractivity contribution in [1.29, 1.82) is 0 Å². The minimum atomic E-state index is -0.328. The Hall–Kier alpha value is -4.18. The van der Waals surface area contributed by atoms with E-state index in [1.807, 2.05) is 31.2 Å². The van der Waals surface area contributed by atoms with E-state index in [4.69, 9.17) is 5.73 Å². The minimum absolute atomic E-state index is 0.170. The van der Waals surface area contributed by atoms with Gasteiger partial charge in [-0.05, 0) is 42.8 Å². The van der Waals surface area contributed by atoms with Crippen molar-refractivity contribution in [3.8, 4) is 11.3 Å². The molecule has 0 bridgehead atoms. The Balaban J connectivity index is 1.61. The van der Waals surface area contributed by atoms with Crippen molar-refractivity contribution in [2.75, 3.05) is 36.0 Å². The SMILES string of the molecule is CCNc1nc(-c2ccc(NC(=O)NCc3ccc(N)nc3)cc2)ccc1C(=O)NCCNC(C)C. The molecule has 2 aromatic heterocycles. The van der Waals surface area contributed by atoms with Crippen LogP contribution in [-0.4, -0.2) is 47.6 Å². The maximum absolute atomic E-state index is 12.7. The number of carbonyl (C=O) groups excluding carboxylic acids is 2. The molecule has 0 radical (unpaired) electrons. The van der Waals surface area contributed by atoms with E-state index in [0.29, 0.717) is 55.1 Å². The summed E-state index contributed by atoms with van der Waals surface area (Å²) in [5.74, 6) is 0.793. The van der Waals surface area contributed by atoms with Gasteiger partial charge in [-0.3, -0.25) is 4.79 Å². The average molecular weight is 491 g/mol. The molecule has 0 fully saturated rings. The van der Waals surface area contributed by atoms with Crippen LogP contribution in [-0.2, 0) is 6.54 Å². The molecule has 3 aromatic rings. The van der Waals surface area contributed by atoms with E-state index in [0.717, 1.165) is 16.8 Å². The lowest BCUT2D eigenvalue weighted by Crippen LogP contribution is -2.35. The summed E-state index contributed by atoms with van der Waals surface area (Å²) in [6, 6.07) is 14.5. The van der Waals surface area contributed by atoms with Gasteiger partial charge in [0.1, 0.15) is 11.6 Å². The zero-order valence-corrected chi connectivity index (χ0v) is 20.9. The van der Waals surface area contributed by atoms with Crippen LogP contribution in [0.2, 0.25) is 0 Å². The van der Waals surface area contributed by atoms with E-state index in [-0.39, 0.29) is 11.9 Å². The molecule has 1 aromatic carbocycles. The molecule has 7 N–H and O–H groups in total. The number of nitrogens with one attached hydrogen (secondary N) is 5. The topological polar surface area (TPSA) is 146 Å².